The lowest BCUT2D eigenvalue weighted by atomic mass is 10.1. The summed E-state index contributed by atoms with van der Waals surface area (Å²) in [4.78, 5) is 12.1. The smallest absolute Gasteiger partial charge is 0.231 e. The number of amides is 1. The van der Waals surface area contributed by atoms with Crippen LogP contribution in [0.3, 0.4) is 0 Å². The Hall–Kier alpha value is -3.28. The normalized spacial score (nSPS) is 12.1. The molecule has 0 saturated carbocycles. The average molecular weight is 363 g/mol. The van der Waals surface area contributed by atoms with E-state index in [-0.39, 0.29) is 12.7 Å². The number of aryl methyl sites for hydroxylation is 1. The molecule has 0 radical (unpaired) electrons. The van der Waals surface area contributed by atoms with E-state index in [0.29, 0.717) is 19.4 Å². The second kappa shape index (κ2) is 7.95. The number of aromatic nitrogens is 2. The molecule has 138 valence electrons. The average Bonchev–Trinajstić information content (AvgIpc) is 3.37. The van der Waals surface area contributed by atoms with Gasteiger partial charge in [0, 0.05) is 25.4 Å². The summed E-state index contributed by atoms with van der Waals surface area (Å²) in [6.07, 6.45) is 4.82. The Morgan fingerprint density at radius 1 is 1.04 bits per heavy atom. The molecule has 0 bridgehead atoms. The molecule has 1 N–H and O–H groups in total. The third kappa shape index (κ3) is 4.47. The van der Waals surface area contributed by atoms with Crippen molar-refractivity contribution >= 4 is 5.91 Å². The van der Waals surface area contributed by atoms with E-state index in [4.69, 9.17) is 9.47 Å². The fraction of sp³-hybridized carbons (Fsp3) is 0.238. The van der Waals surface area contributed by atoms with Gasteiger partial charge in [-0.2, -0.15) is 5.10 Å². The SMILES string of the molecule is O=C(CCc1ccc2c(c1)OCO2)NCc1ccc(Cn2cccn2)cc1. The number of nitrogens with zero attached hydrogens (tertiary/aromatic N) is 2. The summed E-state index contributed by atoms with van der Waals surface area (Å²) in [5, 5.41) is 7.18. The van der Waals surface area contributed by atoms with Gasteiger partial charge < -0.3 is 14.8 Å². The van der Waals surface area contributed by atoms with Gasteiger partial charge >= 0.3 is 0 Å². The van der Waals surface area contributed by atoms with Crippen molar-refractivity contribution in [2.75, 3.05) is 6.79 Å². The van der Waals surface area contributed by atoms with E-state index in [9.17, 15) is 4.79 Å². The number of nitrogens with one attached hydrogen (secondary N) is 1. The highest BCUT2D eigenvalue weighted by Gasteiger charge is 2.13. The van der Waals surface area contributed by atoms with Crippen molar-refractivity contribution in [3.05, 3.63) is 77.6 Å². The molecule has 4 rings (SSSR count). The van der Waals surface area contributed by atoms with E-state index in [1.165, 1.54) is 5.56 Å². The number of hydrogen-bond donors (Lipinski definition) is 1. The molecule has 6 heteroatoms. The number of carbonyl (C=O) groups excluding carboxylic acids is 1. The molecule has 0 aliphatic carbocycles. The highest BCUT2D eigenvalue weighted by atomic mass is 16.7. The number of carbonyl (C=O) groups is 1. The molecular formula is C21H21N3O3. The van der Waals surface area contributed by atoms with E-state index < -0.39 is 0 Å². The fourth-order valence-electron chi connectivity index (χ4n) is 2.99. The van der Waals surface area contributed by atoms with E-state index >= 15 is 0 Å². The first-order valence-corrected chi connectivity index (χ1v) is 8.97. The van der Waals surface area contributed by atoms with Crippen LogP contribution < -0.4 is 14.8 Å². The molecule has 27 heavy (non-hydrogen) atoms. The summed E-state index contributed by atoms with van der Waals surface area (Å²) in [6, 6.07) is 15.9. The van der Waals surface area contributed by atoms with Crippen LogP contribution in [0.1, 0.15) is 23.1 Å². The maximum atomic E-state index is 12.1. The lowest BCUT2D eigenvalue weighted by Crippen LogP contribution is -2.23. The number of fused-ring (bicyclic) bond motifs is 1. The van der Waals surface area contributed by atoms with Gasteiger partial charge in [-0.3, -0.25) is 9.48 Å². The van der Waals surface area contributed by atoms with E-state index in [2.05, 4.69) is 22.5 Å². The highest BCUT2D eigenvalue weighted by Crippen LogP contribution is 2.32. The van der Waals surface area contributed by atoms with Gasteiger partial charge in [0.2, 0.25) is 12.7 Å². The zero-order valence-corrected chi connectivity index (χ0v) is 14.9. The molecule has 6 nitrogen and oxygen atoms in total. The fourth-order valence-corrected chi connectivity index (χ4v) is 2.99. The molecule has 2 heterocycles. The van der Waals surface area contributed by atoms with Crippen LogP contribution in [0.25, 0.3) is 0 Å². The van der Waals surface area contributed by atoms with Gasteiger partial charge in [-0.05, 0) is 41.3 Å². The second-order valence-electron chi connectivity index (χ2n) is 6.48. The second-order valence-corrected chi connectivity index (χ2v) is 6.48. The Morgan fingerprint density at radius 2 is 1.81 bits per heavy atom. The minimum absolute atomic E-state index is 0.0354. The van der Waals surface area contributed by atoms with E-state index in [1.54, 1.807) is 6.20 Å². The number of ether oxygens (including phenoxy) is 2. The number of hydrogen-bond acceptors (Lipinski definition) is 4. The van der Waals surface area contributed by atoms with Crippen LogP contribution in [0.15, 0.2) is 60.9 Å². The Labute approximate surface area is 157 Å². The third-order valence-corrected chi connectivity index (χ3v) is 4.49. The predicted molar refractivity (Wildman–Crippen MR) is 101 cm³/mol. The quantitative estimate of drug-likeness (QED) is 0.701. The van der Waals surface area contributed by atoms with Gasteiger partial charge in [0.15, 0.2) is 11.5 Å². The van der Waals surface area contributed by atoms with Crippen molar-refractivity contribution < 1.29 is 14.3 Å². The minimum Gasteiger partial charge on any atom is -0.454 e. The van der Waals surface area contributed by atoms with Gasteiger partial charge in [-0.25, -0.2) is 0 Å². The topological polar surface area (TPSA) is 65.4 Å². The first kappa shape index (κ1) is 17.1. The van der Waals surface area contributed by atoms with Crippen molar-refractivity contribution in [2.24, 2.45) is 0 Å². The van der Waals surface area contributed by atoms with Crippen LogP contribution in [-0.2, 0) is 24.3 Å². The van der Waals surface area contributed by atoms with Crippen LogP contribution in [0.5, 0.6) is 11.5 Å². The summed E-state index contributed by atoms with van der Waals surface area (Å²) in [5.41, 5.74) is 3.32. The van der Waals surface area contributed by atoms with Crippen LogP contribution in [-0.4, -0.2) is 22.5 Å². The Bertz CT molecular complexity index is 905. The first-order valence-electron chi connectivity index (χ1n) is 8.97. The molecule has 1 amide bonds. The van der Waals surface area contributed by atoms with Crippen molar-refractivity contribution in [1.29, 1.82) is 0 Å². The van der Waals surface area contributed by atoms with E-state index in [1.807, 2.05) is 47.3 Å². The van der Waals surface area contributed by atoms with Crippen LogP contribution >= 0.6 is 0 Å². The molecular weight excluding hydrogens is 342 g/mol. The molecule has 0 fully saturated rings. The van der Waals surface area contributed by atoms with Crippen molar-refractivity contribution in [1.82, 2.24) is 15.1 Å². The van der Waals surface area contributed by atoms with Gasteiger partial charge in [0.05, 0.1) is 6.54 Å². The molecule has 1 aromatic heterocycles. The summed E-state index contributed by atoms with van der Waals surface area (Å²) in [6.45, 7) is 1.54. The molecule has 2 aromatic carbocycles. The number of rotatable bonds is 7. The molecule has 0 atom stereocenters. The van der Waals surface area contributed by atoms with Crippen LogP contribution in [0.2, 0.25) is 0 Å². The molecule has 1 aliphatic rings. The van der Waals surface area contributed by atoms with E-state index in [0.717, 1.165) is 29.2 Å². The zero-order chi connectivity index (χ0) is 18.5. The van der Waals surface area contributed by atoms with Crippen molar-refractivity contribution in [2.45, 2.75) is 25.9 Å². The molecule has 0 saturated heterocycles. The Kier molecular flexibility index (Phi) is 5.05. The lowest BCUT2D eigenvalue weighted by molar-refractivity contribution is -0.121. The van der Waals surface area contributed by atoms with Crippen LogP contribution in [0.4, 0.5) is 0 Å². The van der Waals surface area contributed by atoms with Gasteiger partial charge in [0.25, 0.3) is 0 Å². The first-order chi connectivity index (χ1) is 13.3. The van der Waals surface area contributed by atoms with Gasteiger partial charge in [-0.1, -0.05) is 30.3 Å². The summed E-state index contributed by atoms with van der Waals surface area (Å²) < 4.78 is 12.5. The lowest BCUT2D eigenvalue weighted by Gasteiger charge is -2.07. The highest BCUT2D eigenvalue weighted by molar-refractivity contribution is 5.76. The maximum absolute atomic E-state index is 12.1. The molecule has 3 aromatic rings. The largest absolute Gasteiger partial charge is 0.454 e. The summed E-state index contributed by atoms with van der Waals surface area (Å²) >= 11 is 0. The summed E-state index contributed by atoms with van der Waals surface area (Å²) in [7, 11) is 0. The van der Waals surface area contributed by atoms with Crippen molar-refractivity contribution in [3.8, 4) is 11.5 Å². The Balaban J connectivity index is 1.23. The summed E-state index contributed by atoms with van der Waals surface area (Å²) in [5.74, 6) is 1.55. The third-order valence-electron chi connectivity index (χ3n) is 4.49. The minimum atomic E-state index is 0.0354. The monoisotopic (exact) mass is 363 g/mol. The maximum Gasteiger partial charge on any atom is 0.231 e. The standard InChI is InChI=1S/C21H21N3O3/c25-21(9-7-16-6-8-19-20(12-16)27-15-26-19)22-13-17-2-4-18(5-3-17)14-24-11-1-10-23-24/h1-6,8,10-12H,7,9,13-15H2,(H,22,25). The number of benzene rings is 2. The van der Waals surface area contributed by atoms with Crippen LogP contribution in [0, 0.1) is 0 Å². The Morgan fingerprint density at radius 3 is 2.63 bits per heavy atom. The van der Waals surface area contributed by atoms with Crippen molar-refractivity contribution in [3.63, 3.8) is 0 Å². The zero-order valence-electron chi connectivity index (χ0n) is 14.9. The predicted octanol–water partition coefficient (Wildman–Crippen LogP) is 2.91. The van der Waals surface area contributed by atoms with Gasteiger partial charge in [-0.15, -0.1) is 0 Å². The molecule has 0 unspecified atom stereocenters. The van der Waals surface area contributed by atoms with Gasteiger partial charge in [0.1, 0.15) is 0 Å². The molecule has 0 spiro atoms. The molecule has 1 aliphatic heterocycles.